The van der Waals surface area contributed by atoms with Crippen LogP contribution in [-0.4, -0.2) is 45.8 Å². The Balaban J connectivity index is 2.34. The minimum Gasteiger partial charge on any atom is -0.376 e. The molecule has 0 unspecified atom stereocenters. The van der Waals surface area contributed by atoms with Crippen LogP contribution in [0.25, 0.3) is 6.08 Å². The number of benzene rings is 1. The first kappa shape index (κ1) is 21.1. The van der Waals surface area contributed by atoms with Gasteiger partial charge in [-0.15, -0.1) is 11.3 Å². The summed E-state index contributed by atoms with van der Waals surface area (Å²) >= 11 is 1.53. The van der Waals surface area contributed by atoms with Crippen molar-refractivity contribution in [3.63, 3.8) is 0 Å². The normalized spacial score (nSPS) is 11.9. The van der Waals surface area contributed by atoms with Gasteiger partial charge in [0.25, 0.3) is 0 Å². The van der Waals surface area contributed by atoms with Crippen LogP contribution in [0.4, 0.5) is 11.4 Å². The van der Waals surface area contributed by atoms with Crippen LogP contribution in [0.2, 0.25) is 0 Å². The highest BCUT2D eigenvalue weighted by Crippen LogP contribution is 2.29. The molecule has 2 aromatic rings. The predicted octanol–water partition coefficient (Wildman–Crippen LogP) is 3.50. The van der Waals surface area contributed by atoms with Crippen molar-refractivity contribution in [3.8, 4) is 0 Å². The third kappa shape index (κ3) is 5.18. The number of hydrogen-bond donors (Lipinski definition) is 1. The Bertz CT molecular complexity index is 900. The quantitative estimate of drug-likeness (QED) is 0.680. The SMILES string of the molecule is CCN(CC)S(=O)(=O)c1ccc(N(C)C)c(NC(=O)C=Cc2cccs2)c1. The molecule has 0 atom stereocenters. The van der Waals surface area contributed by atoms with Crippen molar-refractivity contribution in [1.29, 1.82) is 0 Å². The first-order valence-electron chi connectivity index (χ1n) is 8.63. The molecule has 1 heterocycles. The molecule has 8 heteroatoms. The smallest absolute Gasteiger partial charge is 0.248 e. The molecule has 1 amide bonds. The molecular weight excluding hydrogens is 382 g/mol. The molecule has 0 bridgehead atoms. The number of nitrogens with one attached hydrogen (secondary N) is 1. The molecule has 0 aliphatic rings. The number of thiophene rings is 1. The lowest BCUT2D eigenvalue weighted by molar-refractivity contribution is -0.111. The van der Waals surface area contributed by atoms with Crippen molar-refractivity contribution in [2.45, 2.75) is 18.7 Å². The lowest BCUT2D eigenvalue weighted by atomic mass is 10.2. The Hall–Kier alpha value is -2.16. The van der Waals surface area contributed by atoms with Gasteiger partial charge in [0.05, 0.1) is 16.3 Å². The average Bonchev–Trinajstić information content (AvgIpc) is 3.14. The molecule has 0 saturated carbocycles. The van der Waals surface area contributed by atoms with E-state index in [0.29, 0.717) is 18.8 Å². The van der Waals surface area contributed by atoms with E-state index in [-0.39, 0.29) is 10.8 Å². The second-order valence-electron chi connectivity index (χ2n) is 6.00. The maximum Gasteiger partial charge on any atom is 0.248 e. The maximum atomic E-state index is 12.8. The van der Waals surface area contributed by atoms with Crippen LogP contribution in [0.3, 0.4) is 0 Å². The number of sulfonamides is 1. The van der Waals surface area contributed by atoms with Crippen LogP contribution in [0.1, 0.15) is 18.7 Å². The van der Waals surface area contributed by atoms with Crippen LogP contribution >= 0.6 is 11.3 Å². The van der Waals surface area contributed by atoms with Gasteiger partial charge in [-0.05, 0) is 35.7 Å². The molecule has 0 aliphatic carbocycles. The summed E-state index contributed by atoms with van der Waals surface area (Å²) in [5.74, 6) is -0.316. The van der Waals surface area contributed by atoms with E-state index >= 15 is 0 Å². The monoisotopic (exact) mass is 407 g/mol. The van der Waals surface area contributed by atoms with E-state index in [2.05, 4.69) is 5.32 Å². The summed E-state index contributed by atoms with van der Waals surface area (Å²) in [6.07, 6.45) is 3.17. The van der Waals surface area contributed by atoms with Gasteiger partial charge in [0.1, 0.15) is 0 Å². The predicted molar refractivity (Wildman–Crippen MR) is 113 cm³/mol. The topological polar surface area (TPSA) is 69.7 Å². The second-order valence-corrected chi connectivity index (χ2v) is 8.92. The molecule has 0 radical (unpaired) electrons. The zero-order valence-electron chi connectivity index (χ0n) is 16.0. The van der Waals surface area contributed by atoms with Gasteiger partial charge in [-0.3, -0.25) is 4.79 Å². The molecular formula is C19H25N3O3S2. The van der Waals surface area contributed by atoms with E-state index in [4.69, 9.17) is 0 Å². The summed E-state index contributed by atoms with van der Waals surface area (Å²) < 4.78 is 27.0. The van der Waals surface area contributed by atoms with Crippen molar-refractivity contribution in [2.24, 2.45) is 0 Å². The van der Waals surface area contributed by atoms with E-state index in [1.807, 2.05) is 36.5 Å². The largest absolute Gasteiger partial charge is 0.376 e. The van der Waals surface area contributed by atoms with Gasteiger partial charge < -0.3 is 10.2 Å². The number of hydrogen-bond acceptors (Lipinski definition) is 5. The Morgan fingerprint density at radius 3 is 2.44 bits per heavy atom. The molecule has 0 fully saturated rings. The third-order valence-electron chi connectivity index (χ3n) is 3.99. The molecule has 2 rings (SSSR count). The maximum absolute atomic E-state index is 12.8. The standard InChI is InChI=1S/C19H25N3O3S2/c1-5-22(6-2)27(24,25)16-10-11-18(21(3)4)17(14-16)20-19(23)12-9-15-8-7-13-26-15/h7-14H,5-6H2,1-4H3,(H,20,23). The van der Waals surface area contributed by atoms with Gasteiger partial charge in [-0.1, -0.05) is 19.9 Å². The molecule has 27 heavy (non-hydrogen) atoms. The average molecular weight is 408 g/mol. The second kappa shape index (κ2) is 9.16. The fourth-order valence-corrected chi connectivity index (χ4v) is 4.70. The first-order chi connectivity index (χ1) is 12.8. The van der Waals surface area contributed by atoms with E-state index in [0.717, 1.165) is 10.6 Å². The van der Waals surface area contributed by atoms with Gasteiger partial charge in [0, 0.05) is 38.1 Å². The number of rotatable bonds is 8. The zero-order valence-corrected chi connectivity index (χ0v) is 17.6. The molecule has 1 aromatic carbocycles. The highest BCUT2D eigenvalue weighted by atomic mass is 32.2. The van der Waals surface area contributed by atoms with Crippen molar-refractivity contribution in [1.82, 2.24) is 4.31 Å². The molecule has 0 saturated heterocycles. The van der Waals surface area contributed by atoms with Crippen LogP contribution in [0.15, 0.2) is 46.7 Å². The summed E-state index contributed by atoms with van der Waals surface area (Å²) in [6.45, 7) is 4.37. The van der Waals surface area contributed by atoms with Crippen molar-refractivity contribution >= 4 is 44.7 Å². The van der Waals surface area contributed by atoms with Crippen LogP contribution in [0.5, 0.6) is 0 Å². The third-order valence-corrected chi connectivity index (χ3v) is 6.88. The molecule has 146 valence electrons. The van der Waals surface area contributed by atoms with E-state index < -0.39 is 10.0 Å². The van der Waals surface area contributed by atoms with Gasteiger partial charge in [0.2, 0.25) is 15.9 Å². The summed E-state index contributed by atoms with van der Waals surface area (Å²) in [6, 6.07) is 8.61. The minimum absolute atomic E-state index is 0.161. The van der Waals surface area contributed by atoms with Gasteiger partial charge in [-0.2, -0.15) is 4.31 Å². The number of amides is 1. The van der Waals surface area contributed by atoms with Gasteiger partial charge >= 0.3 is 0 Å². The lowest BCUT2D eigenvalue weighted by Gasteiger charge is -2.22. The summed E-state index contributed by atoms with van der Waals surface area (Å²) in [7, 11) is 0.0741. The lowest BCUT2D eigenvalue weighted by Crippen LogP contribution is -2.30. The Morgan fingerprint density at radius 2 is 1.89 bits per heavy atom. The molecule has 6 nitrogen and oxygen atoms in total. The van der Waals surface area contributed by atoms with E-state index in [1.165, 1.54) is 27.8 Å². The van der Waals surface area contributed by atoms with Crippen molar-refractivity contribution in [3.05, 3.63) is 46.7 Å². The summed E-state index contributed by atoms with van der Waals surface area (Å²) in [5.41, 5.74) is 1.18. The minimum atomic E-state index is -3.60. The van der Waals surface area contributed by atoms with Gasteiger partial charge in [-0.25, -0.2) is 8.42 Å². The van der Waals surface area contributed by atoms with Crippen LogP contribution in [0, 0.1) is 0 Å². The van der Waals surface area contributed by atoms with Crippen molar-refractivity contribution in [2.75, 3.05) is 37.4 Å². The number of carbonyl (C=O) groups excluding carboxylic acids is 1. The van der Waals surface area contributed by atoms with E-state index in [1.54, 1.807) is 32.1 Å². The Morgan fingerprint density at radius 1 is 1.19 bits per heavy atom. The molecule has 1 aromatic heterocycles. The summed E-state index contributed by atoms with van der Waals surface area (Å²) in [4.78, 5) is 15.3. The fraction of sp³-hybridized carbons (Fsp3) is 0.316. The first-order valence-corrected chi connectivity index (χ1v) is 11.0. The summed E-state index contributed by atoms with van der Waals surface area (Å²) in [5, 5.41) is 4.73. The number of anilines is 2. The van der Waals surface area contributed by atoms with Gasteiger partial charge in [0.15, 0.2) is 0 Å². The van der Waals surface area contributed by atoms with Crippen LogP contribution in [-0.2, 0) is 14.8 Å². The molecule has 1 N–H and O–H groups in total. The highest BCUT2D eigenvalue weighted by molar-refractivity contribution is 7.89. The zero-order chi connectivity index (χ0) is 20.0. The molecule has 0 aliphatic heterocycles. The Kier molecular flexibility index (Phi) is 7.18. The highest BCUT2D eigenvalue weighted by Gasteiger charge is 2.23. The molecule has 0 spiro atoms. The Labute approximate surface area is 165 Å². The van der Waals surface area contributed by atoms with Crippen molar-refractivity contribution < 1.29 is 13.2 Å². The number of carbonyl (C=O) groups is 1. The van der Waals surface area contributed by atoms with Crippen LogP contribution < -0.4 is 10.2 Å². The van der Waals surface area contributed by atoms with E-state index in [9.17, 15) is 13.2 Å². The fourth-order valence-electron chi connectivity index (χ4n) is 2.60. The number of nitrogens with zero attached hydrogens (tertiary/aromatic N) is 2.